The molecule has 4 aromatic rings. The Bertz CT molecular complexity index is 1190. The molecule has 5 heterocycles. The Kier molecular flexibility index (Phi) is 4.70. The fourth-order valence-electron chi connectivity index (χ4n) is 3.59. The minimum absolute atomic E-state index is 0.270. The highest BCUT2D eigenvalue weighted by Crippen LogP contribution is 2.26. The summed E-state index contributed by atoms with van der Waals surface area (Å²) in [7, 11) is 0. The maximum absolute atomic E-state index is 13.0. The molecule has 2 N–H and O–H groups in total. The van der Waals surface area contributed by atoms with Gasteiger partial charge in [-0.1, -0.05) is 17.7 Å². The third kappa shape index (κ3) is 3.43. The minimum atomic E-state index is -2.62. The molecule has 0 spiro atoms. The molecule has 8 nitrogen and oxygen atoms in total. The second kappa shape index (κ2) is 7.52. The van der Waals surface area contributed by atoms with Crippen molar-refractivity contribution in [1.82, 2.24) is 29.7 Å². The molecular weight excluding hydrogens is 414 g/mol. The van der Waals surface area contributed by atoms with Gasteiger partial charge in [-0.3, -0.25) is 0 Å². The maximum atomic E-state index is 13.0. The molecule has 154 valence electrons. The highest BCUT2D eigenvalue weighted by Gasteiger charge is 2.25. The molecule has 0 saturated carbocycles. The monoisotopic (exact) mass is 430 g/mol. The van der Waals surface area contributed by atoms with E-state index in [-0.39, 0.29) is 5.82 Å². The molecule has 1 aliphatic heterocycles. The quantitative estimate of drug-likeness (QED) is 0.501. The lowest BCUT2D eigenvalue weighted by atomic mass is 10.2. The lowest BCUT2D eigenvalue weighted by Crippen LogP contribution is -2.35. The Morgan fingerprint density at radius 2 is 2.07 bits per heavy atom. The summed E-state index contributed by atoms with van der Waals surface area (Å²) >= 11 is 6.03. The van der Waals surface area contributed by atoms with Crippen molar-refractivity contribution in [2.24, 2.45) is 0 Å². The summed E-state index contributed by atoms with van der Waals surface area (Å²) in [5.41, 5.74) is 2.66. The van der Waals surface area contributed by atoms with Gasteiger partial charge in [0.05, 0.1) is 6.54 Å². The average molecular weight is 431 g/mol. The van der Waals surface area contributed by atoms with E-state index in [0.29, 0.717) is 37.2 Å². The summed E-state index contributed by atoms with van der Waals surface area (Å²) in [6.07, 6.45) is 0.897. The third-order valence-electron chi connectivity index (χ3n) is 5.09. The topological polar surface area (TPSA) is 87.5 Å². The highest BCUT2D eigenvalue weighted by atomic mass is 35.5. The maximum Gasteiger partial charge on any atom is 0.297 e. The van der Waals surface area contributed by atoms with Crippen molar-refractivity contribution >= 4 is 34.1 Å². The number of hydrogen-bond acceptors (Lipinski definition) is 6. The van der Waals surface area contributed by atoms with Crippen LogP contribution in [-0.2, 0) is 19.6 Å². The fourth-order valence-corrected chi connectivity index (χ4v) is 3.79. The number of nitrogens with zero attached hydrogens (tertiary/aromatic N) is 6. The molecule has 5 rings (SSSR count). The number of anilines is 2. The predicted molar refractivity (Wildman–Crippen MR) is 109 cm³/mol. The first-order valence-electron chi connectivity index (χ1n) is 9.35. The van der Waals surface area contributed by atoms with Crippen LogP contribution < -0.4 is 10.2 Å². The van der Waals surface area contributed by atoms with Crippen LogP contribution in [0.2, 0.25) is 5.15 Å². The van der Waals surface area contributed by atoms with Gasteiger partial charge in [0.2, 0.25) is 0 Å². The standard InChI is InChI=1S/C19H17ClF2N8/c20-14-7-12-13(3-4-23-18(12)26-14)24-8-11-1-2-15(25-9-11)29-5-6-30-16(10-29)27-28-19(30)17(21)22/h1-4,7,9,17H,5-6,8,10H2,(H2,23,24,26). The zero-order chi connectivity index (χ0) is 20.7. The highest BCUT2D eigenvalue weighted by molar-refractivity contribution is 6.30. The van der Waals surface area contributed by atoms with E-state index >= 15 is 0 Å². The van der Waals surface area contributed by atoms with Crippen molar-refractivity contribution in [3.8, 4) is 0 Å². The number of alkyl halides is 2. The van der Waals surface area contributed by atoms with E-state index in [1.165, 1.54) is 4.57 Å². The molecule has 0 amide bonds. The first kappa shape index (κ1) is 18.7. The van der Waals surface area contributed by atoms with Crippen LogP contribution >= 0.6 is 11.6 Å². The molecule has 0 unspecified atom stereocenters. The van der Waals surface area contributed by atoms with Crippen LogP contribution in [0.4, 0.5) is 20.3 Å². The van der Waals surface area contributed by atoms with Crippen LogP contribution in [-0.4, -0.2) is 36.3 Å². The average Bonchev–Trinajstić information content (AvgIpc) is 3.35. The Hall–Kier alpha value is -3.27. The van der Waals surface area contributed by atoms with Gasteiger partial charge in [0.15, 0.2) is 11.6 Å². The van der Waals surface area contributed by atoms with Gasteiger partial charge < -0.3 is 19.8 Å². The Labute approximate surface area is 174 Å². The molecule has 0 fully saturated rings. The Morgan fingerprint density at radius 1 is 1.17 bits per heavy atom. The molecular formula is C19H17ClF2N8. The summed E-state index contributed by atoms with van der Waals surface area (Å²) in [5.74, 6) is 1.03. The van der Waals surface area contributed by atoms with Crippen LogP contribution in [0.1, 0.15) is 23.6 Å². The van der Waals surface area contributed by atoms with Crippen molar-refractivity contribution in [1.29, 1.82) is 0 Å². The van der Waals surface area contributed by atoms with Crippen molar-refractivity contribution in [3.05, 3.63) is 59.0 Å². The number of halogens is 3. The van der Waals surface area contributed by atoms with E-state index in [4.69, 9.17) is 11.6 Å². The van der Waals surface area contributed by atoms with Gasteiger partial charge in [-0.15, -0.1) is 10.2 Å². The number of fused-ring (bicyclic) bond motifs is 2. The fraction of sp³-hybridized carbons (Fsp3) is 0.263. The lowest BCUT2D eigenvalue weighted by Gasteiger charge is -2.28. The van der Waals surface area contributed by atoms with Gasteiger partial charge in [-0.05, 0) is 23.8 Å². The predicted octanol–water partition coefficient (Wildman–Crippen LogP) is 3.77. The molecule has 0 saturated heterocycles. The van der Waals surface area contributed by atoms with Crippen LogP contribution in [0.15, 0.2) is 36.7 Å². The zero-order valence-electron chi connectivity index (χ0n) is 15.7. The van der Waals surface area contributed by atoms with Crippen molar-refractivity contribution < 1.29 is 8.78 Å². The SMILES string of the molecule is FC(F)c1nnc2n1CCN(c1ccc(CNc3ccnc4[nH]c(Cl)cc34)cn1)C2. The third-order valence-corrected chi connectivity index (χ3v) is 5.30. The van der Waals surface area contributed by atoms with Crippen LogP contribution in [0.25, 0.3) is 11.0 Å². The summed E-state index contributed by atoms with van der Waals surface area (Å²) < 4.78 is 27.4. The molecule has 30 heavy (non-hydrogen) atoms. The van der Waals surface area contributed by atoms with Crippen LogP contribution in [0, 0.1) is 0 Å². The van der Waals surface area contributed by atoms with Gasteiger partial charge in [0.25, 0.3) is 6.43 Å². The molecule has 0 aliphatic carbocycles. The van der Waals surface area contributed by atoms with Gasteiger partial charge in [0, 0.05) is 43.1 Å². The number of aromatic amines is 1. The molecule has 11 heteroatoms. The Morgan fingerprint density at radius 3 is 2.87 bits per heavy atom. The normalized spacial score (nSPS) is 13.8. The minimum Gasteiger partial charge on any atom is -0.380 e. The van der Waals surface area contributed by atoms with Crippen molar-refractivity contribution in [3.63, 3.8) is 0 Å². The molecule has 0 radical (unpaired) electrons. The van der Waals surface area contributed by atoms with E-state index in [2.05, 4.69) is 30.5 Å². The zero-order valence-corrected chi connectivity index (χ0v) is 16.4. The van der Waals surface area contributed by atoms with Gasteiger partial charge >= 0.3 is 0 Å². The van der Waals surface area contributed by atoms with Crippen molar-refractivity contribution in [2.75, 3.05) is 16.8 Å². The number of pyridine rings is 2. The van der Waals surface area contributed by atoms with Gasteiger partial charge in [-0.25, -0.2) is 18.7 Å². The molecule has 0 aromatic carbocycles. The van der Waals surface area contributed by atoms with Gasteiger partial charge in [0.1, 0.15) is 16.6 Å². The van der Waals surface area contributed by atoms with Gasteiger partial charge in [-0.2, -0.15) is 0 Å². The number of nitrogens with one attached hydrogen (secondary N) is 2. The van der Waals surface area contributed by atoms with E-state index < -0.39 is 6.43 Å². The first-order chi connectivity index (χ1) is 14.6. The van der Waals surface area contributed by atoms with Crippen molar-refractivity contribution in [2.45, 2.75) is 26.1 Å². The van der Waals surface area contributed by atoms with E-state index in [9.17, 15) is 8.78 Å². The molecule has 0 bridgehead atoms. The summed E-state index contributed by atoms with van der Waals surface area (Å²) in [4.78, 5) is 13.8. The smallest absolute Gasteiger partial charge is 0.297 e. The number of rotatable bonds is 5. The molecule has 4 aromatic heterocycles. The second-order valence-electron chi connectivity index (χ2n) is 6.96. The first-order valence-corrected chi connectivity index (χ1v) is 9.73. The largest absolute Gasteiger partial charge is 0.380 e. The number of H-pyrrole nitrogens is 1. The number of hydrogen-bond donors (Lipinski definition) is 2. The summed E-state index contributed by atoms with van der Waals surface area (Å²) in [6, 6.07) is 7.64. The summed E-state index contributed by atoms with van der Waals surface area (Å²) in [6.45, 7) is 1.96. The molecule has 0 atom stereocenters. The Balaban J connectivity index is 1.26. The van der Waals surface area contributed by atoms with Crippen LogP contribution in [0.5, 0.6) is 0 Å². The second-order valence-corrected chi connectivity index (χ2v) is 7.37. The van der Waals surface area contributed by atoms with E-state index in [1.54, 1.807) is 12.4 Å². The van der Waals surface area contributed by atoms with Crippen LogP contribution in [0.3, 0.4) is 0 Å². The van der Waals surface area contributed by atoms with E-state index in [1.807, 2.05) is 29.2 Å². The van der Waals surface area contributed by atoms with E-state index in [0.717, 1.165) is 28.1 Å². The number of aromatic nitrogens is 6. The summed E-state index contributed by atoms with van der Waals surface area (Å²) in [5, 5.41) is 12.3. The molecule has 1 aliphatic rings. The lowest BCUT2D eigenvalue weighted by molar-refractivity contribution is 0.134.